The monoisotopic (exact) mass is 501 g/mol. The Bertz CT molecular complexity index is 1400. The third-order valence-corrected chi connectivity index (χ3v) is 7.05. The van der Waals surface area contributed by atoms with Crippen LogP contribution in [0.4, 0.5) is 17.1 Å². The van der Waals surface area contributed by atoms with Crippen LogP contribution in [0.1, 0.15) is 49.3 Å². The summed E-state index contributed by atoms with van der Waals surface area (Å²) in [4.78, 5) is 39.8. The molecule has 0 bridgehead atoms. The van der Waals surface area contributed by atoms with Gasteiger partial charge in [-0.3, -0.25) is 24.6 Å². The molecular weight excluding hydrogens is 478 g/mol. The van der Waals surface area contributed by atoms with E-state index in [0.29, 0.717) is 22.7 Å². The zero-order valence-electron chi connectivity index (χ0n) is 19.6. The summed E-state index contributed by atoms with van der Waals surface area (Å²) < 4.78 is 0. The molecular formula is C28H24ClN3O4. The molecule has 1 aliphatic heterocycles. The number of nitrogens with one attached hydrogen (secondary N) is 1. The summed E-state index contributed by atoms with van der Waals surface area (Å²) in [6.45, 7) is 1.80. The number of allylic oxidation sites excluding steroid dienone is 1. The Hall–Kier alpha value is -3.97. The van der Waals surface area contributed by atoms with Crippen molar-refractivity contribution in [1.82, 2.24) is 0 Å². The Kier molecular flexibility index (Phi) is 6.33. The van der Waals surface area contributed by atoms with Crippen molar-refractivity contribution in [3.63, 3.8) is 0 Å². The molecule has 8 heteroatoms. The number of non-ortho nitro benzene ring substituents is 1. The van der Waals surface area contributed by atoms with E-state index >= 15 is 0 Å². The van der Waals surface area contributed by atoms with Crippen molar-refractivity contribution >= 4 is 40.4 Å². The molecule has 7 nitrogen and oxygen atoms in total. The number of rotatable bonds is 4. The van der Waals surface area contributed by atoms with Gasteiger partial charge in [0.25, 0.3) is 5.69 Å². The minimum atomic E-state index is -0.626. The van der Waals surface area contributed by atoms with Gasteiger partial charge in [0.05, 0.1) is 22.3 Å². The number of hydrogen-bond acceptors (Lipinski definition) is 5. The van der Waals surface area contributed by atoms with Crippen LogP contribution in [0, 0.1) is 10.1 Å². The van der Waals surface area contributed by atoms with Crippen LogP contribution in [-0.2, 0) is 9.59 Å². The van der Waals surface area contributed by atoms with Crippen molar-refractivity contribution in [2.24, 2.45) is 0 Å². The zero-order valence-corrected chi connectivity index (χ0v) is 20.4. The third kappa shape index (κ3) is 4.27. The molecule has 1 aliphatic carbocycles. The second-order valence-corrected chi connectivity index (χ2v) is 9.42. The van der Waals surface area contributed by atoms with Crippen molar-refractivity contribution in [3.8, 4) is 0 Å². The summed E-state index contributed by atoms with van der Waals surface area (Å²) in [5.74, 6) is -0.427. The summed E-state index contributed by atoms with van der Waals surface area (Å²) >= 11 is 6.16. The molecule has 3 aromatic carbocycles. The molecule has 3 aromatic rings. The Morgan fingerprint density at radius 2 is 1.81 bits per heavy atom. The Morgan fingerprint density at radius 3 is 2.53 bits per heavy atom. The van der Waals surface area contributed by atoms with Crippen molar-refractivity contribution in [2.75, 3.05) is 10.2 Å². The highest BCUT2D eigenvalue weighted by atomic mass is 35.5. The molecule has 0 aromatic heterocycles. The maximum absolute atomic E-state index is 13.8. The molecule has 0 spiro atoms. The van der Waals surface area contributed by atoms with Gasteiger partial charge in [-0.05, 0) is 47.7 Å². The second kappa shape index (κ2) is 9.59. The van der Waals surface area contributed by atoms with E-state index in [1.807, 2.05) is 42.5 Å². The Balaban J connectivity index is 1.68. The average molecular weight is 502 g/mol. The zero-order chi connectivity index (χ0) is 25.4. The highest BCUT2D eigenvalue weighted by Crippen LogP contribution is 2.47. The molecule has 1 heterocycles. The minimum absolute atomic E-state index is 0.00217. The van der Waals surface area contributed by atoms with E-state index in [1.54, 1.807) is 30.0 Å². The van der Waals surface area contributed by atoms with Gasteiger partial charge in [0.15, 0.2) is 5.78 Å². The molecule has 0 fully saturated rings. The first-order chi connectivity index (χ1) is 17.4. The molecule has 0 unspecified atom stereocenters. The highest BCUT2D eigenvalue weighted by Gasteiger charge is 2.41. The number of nitro groups is 1. The van der Waals surface area contributed by atoms with E-state index in [4.69, 9.17) is 11.6 Å². The first-order valence-electron chi connectivity index (χ1n) is 11.8. The van der Waals surface area contributed by atoms with E-state index in [1.165, 1.54) is 12.1 Å². The van der Waals surface area contributed by atoms with Crippen LogP contribution >= 0.6 is 11.6 Å². The maximum atomic E-state index is 13.8. The van der Waals surface area contributed by atoms with Gasteiger partial charge in [-0.15, -0.1) is 0 Å². The number of fused-ring (bicyclic) bond motifs is 1. The first-order valence-corrected chi connectivity index (χ1v) is 12.2. The highest BCUT2D eigenvalue weighted by molar-refractivity contribution is 6.30. The van der Waals surface area contributed by atoms with E-state index in [0.717, 1.165) is 22.5 Å². The summed E-state index contributed by atoms with van der Waals surface area (Å²) in [6.07, 6.45) is 0.941. The largest absolute Gasteiger partial charge is 0.357 e. The van der Waals surface area contributed by atoms with Crippen molar-refractivity contribution in [1.29, 1.82) is 0 Å². The molecule has 2 atom stereocenters. The van der Waals surface area contributed by atoms with Crippen LogP contribution < -0.4 is 10.2 Å². The van der Waals surface area contributed by atoms with E-state index < -0.39 is 11.0 Å². The summed E-state index contributed by atoms with van der Waals surface area (Å²) in [6, 6.07) is 20.6. The maximum Gasteiger partial charge on any atom is 0.269 e. The van der Waals surface area contributed by atoms with Crippen molar-refractivity contribution < 1.29 is 14.5 Å². The van der Waals surface area contributed by atoms with Gasteiger partial charge in [0, 0.05) is 41.3 Å². The van der Waals surface area contributed by atoms with Gasteiger partial charge >= 0.3 is 0 Å². The number of anilines is 2. The fourth-order valence-corrected chi connectivity index (χ4v) is 5.25. The third-order valence-electron chi connectivity index (χ3n) is 6.80. The lowest BCUT2D eigenvalue weighted by molar-refractivity contribution is -0.384. The lowest BCUT2D eigenvalue weighted by Gasteiger charge is -2.35. The average Bonchev–Trinajstić information content (AvgIpc) is 3.03. The smallest absolute Gasteiger partial charge is 0.269 e. The van der Waals surface area contributed by atoms with Crippen LogP contribution in [0.25, 0.3) is 0 Å². The van der Waals surface area contributed by atoms with Crippen LogP contribution in [0.5, 0.6) is 0 Å². The summed E-state index contributed by atoms with van der Waals surface area (Å²) in [7, 11) is 0. The standard InChI is InChI=1S/C28H24ClN3O4/c1-2-26(34)31-24-9-4-3-8-22(24)30-23-15-19(18-6-5-7-21(14-18)32(35)36)16-25(33)27(23)28(31)17-10-12-20(29)13-11-17/h3-14,19,28,30H,2,15-16H2,1H3/t19-,28+/m1/s1. The number of carbonyl (C=O) groups excluding carboxylic acids is 2. The minimum Gasteiger partial charge on any atom is -0.357 e. The number of amides is 1. The molecule has 1 N–H and O–H groups in total. The lowest BCUT2D eigenvalue weighted by atomic mass is 9.78. The molecule has 1 amide bonds. The number of hydrogen-bond donors (Lipinski definition) is 1. The molecule has 0 saturated carbocycles. The predicted molar refractivity (Wildman–Crippen MR) is 139 cm³/mol. The Labute approximate surface area is 213 Å². The summed E-state index contributed by atoms with van der Waals surface area (Å²) in [5.41, 5.74) is 4.22. The topological polar surface area (TPSA) is 92.6 Å². The van der Waals surface area contributed by atoms with Gasteiger partial charge in [0.2, 0.25) is 5.91 Å². The van der Waals surface area contributed by atoms with Crippen LogP contribution in [-0.4, -0.2) is 16.6 Å². The summed E-state index contributed by atoms with van der Waals surface area (Å²) in [5, 5.41) is 15.4. The van der Waals surface area contributed by atoms with Gasteiger partial charge < -0.3 is 5.32 Å². The van der Waals surface area contributed by atoms with E-state index in [9.17, 15) is 19.7 Å². The number of nitro benzene ring substituents is 1. The molecule has 2 aliphatic rings. The molecule has 36 heavy (non-hydrogen) atoms. The Morgan fingerprint density at radius 1 is 1.06 bits per heavy atom. The first kappa shape index (κ1) is 23.8. The van der Waals surface area contributed by atoms with Crippen LogP contribution in [0.15, 0.2) is 84.1 Å². The van der Waals surface area contributed by atoms with Crippen molar-refractivity contribution in [2.45, 2.75) is 38.1 Å². The fourth-order valence-electron chi connectivity index (χ4n) is 5.12. The van der Waals surface area contributed by atoms with Crippen molar-refractivity contribution in [3.05, 3.63) is 110 Å². The molecule has 5 rings (SSSR count). The number of carbonyl (C=O) groups is 2. The number of Topliss-reactive ketones (excluding diaryl/α,β-unsaturated/α-hetero) is 1. The van der Waals surface area contributed by atoms with E-state index in [2.05, 4.69) is 5.32 Å². The van der Waals surface area contributed by atoms with E-state index in [-0.39, 0.29) is 36.1 Å². The molecule has 0 saturated heterocycles. The van der Waals surface area contributed by atoms with Gasteiger partial charge in [-0.2, -0.15) is 0 Å². The normalized spacial score (nSPS) is 19.2. The lowest BCUT2D eigenvalue weighted by Crippen LogP contribution is -2.38. The number of nitrogens with zero attached hydrogens (tertiary/aromatic N) is 2. The molecule has 0 radical (unpaired) electrons. The van der Waals surface area contributed by atoms with Gasteiger partial charge in [-0.1, -0.05) is 54.9 Å². The number of ketones is 1. The second-order valence-electron chi connectivity index (χ2n) is 8.99. The van der Waals surface area contributed by atoms with Crippen LogP contribution in [0.2, 0.25) is 5.02 Å². The van der Waals surface area contributed by atoms with Gasteiger partial charge in [0.1, 0.15) is 0 Å². The van der Waals surface area contributed by atoms with Crippen LogP contribution in [0.3, 0.4) is 0 Å². The van der Waals surface area contributed by atoms with Gasteiger partial charge in [-0.25, -0.2) is 0 Å². The predicted octanol–water partition coefficient (Wildman–Crippen LogP) is 6.56. The SMILES string of the molecule is CCC(=O)N1c2ccccc2NC2=C(C(=O)C[C@H](c3cccc([N+](=O)[O-])c3)C2)[C@@H]1c1ccc(Cl)cc1. The molecule has 182 valence electrons. The fraction of sp³-hybridized carbons (Fsp3) is 0.214. The number of halogens is 1. The quantitative estimate of drug-likeness (QED) is 0.323. The number of para-hydroxylation sites is 2. The number of benzene rings is 3.